The second-order valence-electron chi connectivity index (χ2n) is 14.1. The summed E-state index contributed by atoms with van der Waals surface area (Å²) in [5.41, 5.74) is 7.53. The van der Waals surface area contributed by atoms with Crippen molar-refractivity contribution in [2.75, 3.05) is 0 Å². The average molecular weight is 661 g/mol. The lowest BCUT2D eigenvalue weighted by atomic mass is 9.91. The largest absolute Gasteiger partial charge is 0.135 e. The molecular formula is C50H28S. The minimum absolute atomic E-state index is 1.24. The van der Waals surface area contributed by atoms with E-state index >= 15 is 0 Å². The van der Waals surface area contributed by atoms with Crippen LogP contribution in [0.2, 0.25) is 0 Å². The molecule has 0 nitrogen and oxygen atoms in total. The summed E-state index contributed by atoms with van der Waals surface area (Å²) in [4.78, 5) is 0. The Morgan fingerprint density at radius 3 is 0.980 bits per heavy atom. The number of benzene rings is 11. The van der Waals surface area contributed by atoms with E-state index < -0.39 is 0 Å². The minimum Gasteiger partial charge on any atom is -0.135 e. The van der Waals surface area contributed by atoms with Crippen molar-refractivity contribution in [3.63, 3.8) is 0 Å². The van der Waals surface area contributed by atoms with Crippen molar-refractivity contribution in [1.82, 2.24) is 0 Å². The van der Waals surface area contributed by atoms with Gasteiger partial charge in [-0.05, 0) is 134 Å². The number of hydrogen-bond donors (Lipinski definition) is 0. The van der Waals surface area contributed by atoms with Gasteiger partial charge >= 0.3 is 0 Å². The molecule has 0 amide bonds. The molecule has 0 fully saturated rings. The summed E-state index contributed by atoms with van der Waals surface area (Å²) in [5, 5.41) is 18.6. The topological polar surface area (TPSA) is 0 Å². The van der Waals surface area contributed by atoms with Gasteiger partial charge in [-0.2, -0.15) is 0 Å². The summed E-state index contributed by atoms with van der Waals surface area (Å²) in [6.45, 7) is 0. The summed E-state index contributed by atoms with van der Waals surface area (Å²) >= 11 is 1.89. The molecule has 0 unspecified atom stereocenters. The highest BCUT2D eigenvalue weighted by molar-refractivity contribution is 7.25. The first-order valence-corrected chi connectivity index (χ1v) is 18.5. The highest BCUT2D eigenvalue weighted by atomic mass is 32.1. The fourth-order valence-corrected chi connectivity index (χ4v) is 10.0. The molecule has 12 aromatic rings. The minimum atomic E-state index is 1.24. The van der Waals surface area contributed by atoms with E-state index in [1.165, 1.54) is 118 Å². The smallest absolute Gasteiger partial charge is 0.0361 e. The number of rotatable bonds is 3. The molecule has 0 saturated heterocycles. The van der Waals surface area contributed by atoms with Crippen molar-refractivity contribution in [2.24, 2.45) is 0 Å². The molecule has 0 saturated carbocycles. The summed E-state index contributed by atoms with van der Waals surface area (Å²) < 4.78 is 2.65. The SMILES string of the molecule is c1cc2ccc3cc(-c4ccc(-c5ccc6c(c5)sc5cc(-c7cc8ccc9cccc%10ccc(c7)c8c9%10)ccc56)cc4)cc4ccc(c1)c2c34. The van der Waals surface area contributed by atoms with Crippen LogP contribution in [0.3, 0.4) is 0 Å². The van der Waals surface area contributed by atoms with Gasteiger partial charge in [-0.25, -0.2) is 0 Å². The summed E-state index contributed by atoms with van der Waals surface area (Å²) in [6, 6.07) is 63.9. The molecule has 234 valence electrons. The number of fused-ring (bicyclic) bond motifs is 3. The van der Waals surface area contributed by atoms with Crippen molar-refractivity contribution < 1.29 is 0 Å². The van der Waals surface area contributed by atoms with E-state index in [1.54, 1.807) is 0 Å². The Balaban J connectivity index is 0.901. The zero-order chi connectivity index (χ0) is 33.2. The van der Waals surface area contributed by atoms with Gasteiger partial charge < -0.3 is 0 Å². The van der Waals surface area contributed by atoms with E-state index in [1.807, 2.05) is 11.3 Å². The number of thiophene rings is 1. The lowest BCUT2D eigenvalue weighted by Gasteiger charge is -2.13. The monoisotopic (exact) mass is 660 g/mol. The highest BCUT2D eigenvalue weighted by Gasteiger charge is 2.14. The first-order valence-electron chi connectivity index (χ1n) is 17.6. The van der Waals surface area contributed by atoms with Crippen LogP contribution in [0.15, 0.2) is 170 Å². The van der Waals surface area contributed by atoms with Crippen LogP contribution in [-0.2, 0) is 0 Å². The lowest BCUT2D eigenvalue weighted by Crippen LogP contribution is -1.86. The molecule has 11 aromatic carbocycles. The van der Waals surface area contributed by atoms with Crippen molar-refractivity contribution >= 4 is 96.1 Å². The second kappa shape index (κ2) is 10.1. The van der Waals surface area contributed by atoms with E-state index in [2.05, 4.69) is 170 Å². The van der Waals surface area contributed by atoms with Crippen molar-refractivity contribution in [3.8, 4) is 33.4 Å². The molecule has 1 heteroatoms. The van der Waals surface area contributed by atoms with E-state index in [4.69, 9.17) is 0 Å². The third-order valence-corrected chi connectivity index (χ3v) is 12.4. The Bertz CT molecular complexity index is 3220. The quantitative estimate of drug-likeness (QED) is 0.165. The molecule has 0 N–H and O–H groups in total. The zero-order valence-corrected chi connectivity index (χ0v) is 28.4. The van der Waals surface area contributed by atoms with Crippen LogP contribution in [0, 0.1) is 0 Å². The van der Waals surface area contributed by atoms with Gasteiger partial charge in [-0.3, -0.25) is 0 Å². The normalized spacial score (nSPS) is 12.3. The van der Waals surface area contributed by atoms with E-state index in [0.29, 0.717) is 0 Å². The molecule has 51 heavy (non-hydrogen) atoms. The van der Waals surface area contributed by atoms with Gasteiger partial charge in [0.2, 0.25) is 0 Å². The Labute approximate surface area is 298 Å². The van der Waals surface area contributed by atoms with Crippen LogP contribution in [0.25, 0.3) is 118 Å². The molecule has 0 aliphatic carbocycles. The Kier molecular flexibility index (Phi) is 5.47. The Morgan fingerprint density at radius 1 is 0.235 bits per heavy atom. The predicted octanol–water partition coefficient (Wildman–Crippen LogP) is 14.9. The fourth-order valence-electron chi connectivity index (χ4n) is 8.83. The summed E-state index contributed by atoms with van der Waals surface area (Å²) in [7, 11) is 0. The molecule has 0 spiro atoms. The Hall–Kier alpha value is -6.28. The van der Waals surface area contributed by atoms with Gasteiger partial charge in [-0.1, -0.05) is 133 Å². The van der Waals surface area contributed by atoms with Gasteiger partial charge in [0.1, 0.15) is 0 Å². The van der Waals surface area contributed by atoms with Gasteiger partial charge in [0.15, 0.2) is 0 Å². The molecule has 1 aromatic heterocycles. The van der Waals surface area contributed by atoms with E-state index in [9.17, 15) is 0 Å². The van der Waals surface area contributed by atoms with Crippen LogP contribution in [0.5, 0.6) is 0 Å². The maximum absolute atomic E-state index is 2.39. The van der Waals surface area contributed by atoms with Gasteiger partial charge in [0.05, 0.1) is 0 Å². The molecule has 0 aliphatic rings. The maximum Gasteiger partial charge on any atom is 0.0361 e. The lowest BCUT2D eigenvalue weighted by molar-refractivity contribution is 1.63. The maximum atomic E-state index is 2.39. The Morgan fingerprint density at radius 2 is 0.549 bits per heavy atom. The molecular weight excluding hydrogens is 633 g/mol. The van der Waals surface area contributed by atoms with Crippen LogP contribution in [-0.4, -0.2) is 0 Å². The number of hydrogen-bond acceptors (Lipinski definition) is 1. The molecule has 0 bridgehead atoms. The molecule has 1 heterocycles. The predicted molar refractivity (Wildman–Crippen MR) is 223 cm³/mol. The third kappa shape index (κ3) is 4.01. The average Bonchev–Trinajstić information content (AvgIpc) is 3.56. The van der Waals surface area contributed by atoms with Crippen LogP contribution >= 0.6 is 11.3 Å². The van der Waals surface area contributed by atoms with Crippen LogP contribution < -0.4 is 0 Å². The third-order valence-electron chi connectivity index (χ3n) is 11.3. The molecule has 0 aliphatic heterocycles. The highest BCUT2D eigenvalue weighted by Crippen LogP contribution is 2.42. The van der Waals surface area contributed by atoms with Crippen molar-refractivity contribution in [2.45, 2.75) is 0 Å². The van der Waals surface area contributed by atoms with Crippen LogP contribution in [0.4, 0.5) is 0 Å². The first-order chi connectivity index (χ1) is 25.2. The second-order valence-corrected chi connectivity index (χ2v) is 15.2. The van der Waals surface area contributed by atoms with Crippen molar-refractivity contribution in [1.29, 1.82) is 0 Å². The standard InChI is InChI=1S/C50H28S/c1-3-31-11-15-37-23-41(24-38-16-12-32(4-1)47(31)49(37)38)30-9-7-29(8-10-30)35-19-21-43-44-22-20-36(28-46(44)51-45(43)27-35)42-25-39-17-13-33-5-2-6-34-14-18-40(26-42)50(39)48(33)34/h1-28H. The van der Waals surface area contributed by atoms with Gasteiger partial charge in [0.25, 0.3) is 0 Å². The molecule has 0 atom stereocenters. The van der Waals surface area contributed by atoms with E-state index in [-0.39, 0.29) is 0 Å². The molecule has 0 radical (unpaired) electrons. The first kappa shape index (κ1) is 27.5. The van der Waals surface area contributed by atoms with Gasteiger partial charge in [0, 0.05) is 20.2 Å². The summed E-state index contributed by atoms with van der Waals surface area (Å²) in [6.07, 6.45) is 0. The zero-order valence-electron chi connectivity index (χ0n) is 27.6. The fraction of sp³-hybridized carbons (Fsp3) is 0. The van der Waals surface area contributed by atoms with E-state index in [0.717, 1.165) is 0 Å². The molecule has 12 rings (SSSR count). The summed E-state index contributed by atoms with van der Waals surface area (Å²) in [5.74, 6) is 0. The van der Waals surface area contributed by atoms with Gasteiger partial charge in [-0.15, -0.1) is 11.3 Å². The van der Waals surface area contributed by atoms with Crippen molar-refractivity contribution in [3.05, 3.63) is 170 Å². The van der Waals surface area contributed by atoms with Crippen LogP contribution in [0.1, 0.15) is 0 Å².